The maximum absolute atomic E-state index is 5.27. The minimum Gasteiger partial charge on any atom is -0.497 e. The average molecular weight is 235 g/mol. The standard InChI is InChI=1S/C14H21NO2/c1-15(9-11-4-5-11)10-12-6-13(16-2)8-14(7-12)17-3/h6-8,11H,4-5,9-10H2,1-3H3. The average Bonchev–Trinajstić information content (AvgIpc) is 3.12. The topological polar surface area (TPSA) is 21.7 Å². The van der Waals surface area contributed by atoms with Gasteiger partial charge in [-0.05, 0) is 43.5 Å². The van der Waals surface area contributed by atoms with Crippen molar-refractivity contribution in [2.45, 2.75) is 19.4 Å². The molecule has 1 aromatic carbocycles. The van der Waals surface area contributed by atoms with E-state index in [-0.39, 0.29) is 0 Å². The number of rotatable bonds is 6. The Morgan fingerprint density at radius 2 is 1.71 bits per heavy atom. The minimum atomic E-state index is 0.860. The first-order chi connectivity index (χ1) is 8.21. The lowest BCUT2D eigenvalue weighted by Gasteiger charge is -2.17. The Labute approximate surface area is 103 Å². The molecule has 1 fully saturated rings. The molecular formula is C14H21NO2. The van der Waals surface area contributed by atoms with Crippen molar-refractivity contribution in [1.29, 1.82) is 0 Å². The van der Waals surface area contributed by atoms with E-state index in [1.807, 2.05) is 6.07 Å². The summed E-state index contributed by atoms with van der Waals surface area (Å²) in [4.78, 5) is 2.37. The van der Waals surface area contributed by atoms with Crippen LogP contribution in [0.1, 0.15) is 18.4 Å². The number of ether oxygens (including phenoxy) is 2. The predicted octanol–water partition coefficient (Wildman–Crippen LogP) is 2.55. The van der Waals surface area contributed by atoms with Crippen LogP contribution in [-0.4, -0.2) is 32.7 Å². The molecule has 0 spiro atoms. The first-order valence-electron chi connectivity index (χ1n) is 6.11. The summed E-state index contributed by atoms with van der Waals surface area (Å²) in [6.07, 6.45) is 2.79. The second-order valence-corrected chi connectivity index (χ2v) is 4.86. The lowest BCUT2D eigenvalue weighted by Crippen LogP contribution is -2.20. The SMILES string of the molecule is COc1cc(CN(C)CC2CC2)cc(OC)c1. The molecule has 1 aliphatic rings. The van der Waals surface area contributed by atoms with Crippen LogP contribution < -0.4 is 9.47 Å². The molecule has 0 aliphatic heterocycles. The highest BCUT2D eigenvalue weighted by Crippen LogP contribution is 2.30. The van der Waals surface area contributed by atoms with E-state index in [1.54, 1.807) is 14.2 Å². The number of benzene rings is 1. The number of methoxy groups -OCH3 is 2. The second kappa shape index (κ2) is 5.41. The minimum absolute atomic E-state index is 0.860. The van der Waals surface area contributed by atoms with Crippen molar-refractivity contribution in [3.63, 3.8) is 0 Å². The van der Waals surface area contributed by atoms with Gasteiger partial charge in [-0.15, -0.1) is 0 Å². The smallest absolute Gasteiger partial charge is 0.122 e. The summed E-state index contributed by atoms with van der Waals surface area (Å²) in [5.74, 6) is 2.64. The van der Waals surface area contributed by atoms with Crippen molar-refractivity contribution in [2.75, 3.05) is 27.8 Å². The van der Waals surface area contributed by atoms with Crippen molar-refractivity contribution in [2.24, 2.45) is 5.92 Å². The van der Waals surface area contributed by atoms with Gasteiger partial charge in [-0.2, -0.15) is 0 Å². The van der Waals surface area contributed by atoms with Crippen molar-refractivity contribution < 1.29 is 9.47 Å². The van der Waals surface area contributed by atoms with E-state index in [1.165, 1.54) is 24.9 Å². The molecule has 1 saturated carbocycles. The van der Waals surface area contributed by atoms with Crippen LogP contribution in [0.4, 0.5) is 0 Å². The molecular weight excluding hydrogens is 214 g/mol. The molecule has 3 nitrogen and oxygen atoms in total. The van der Waals surface area contributed by atoms with Gasteiger partial charge in [0.05, 0.1) is 14.2 Å². The van der Waals surface area contributed by atoms with Gasteiger partial charge in [0.15, 0.2) is 0 Å². The highest BCUT2D eigenvalue weighted by molar-refractivity contribution is 5.38. The van der Waals surface area contributed by atoms with Crippen LogP contribution in [0.3, 0.4) is 0 Å². The van der Waals surface area contributed by atoms with E-state index in [0.717, 1.165) is 24.0 Å². The Bertz CT molecular complexity index is 352. The molecule has 2 rings (SSSR count). The zero-order chi connectivity index (χ0) is 12.3. The molecule has 0 saturated heterocycles. The fourth-order valence-corrected chi connectivity index (χ4v) is 2.08. The van der Waals surface area contributed by atoms with Crippen LogP contribution in [0.2, 0.25) is 0 Å². The van der Waals surface area contributed by atoms with Crippen molar-refractivity contribution >= 4 is 0 Å². The van der Waals surface area contributed by atoms with E-state index < -0.39 is 0 Å². The number of hydrogen-bond acceptors (Lipinski definition) is 3. The Morgan fingerprint density at radius 3 is 2.18 bits per heavy atom. The van der Waals surface area contributed by atoms with Gasteiger partial charge < -0.3 is 14.4 Å². The van der Waals surface area contributed by atoms with Gasteiger partial charge in [0.1, 0.15) is 11.5 Å². The van der Waals surface area contributed by atoms with E-state index >= 15 is 0 Å². The lowest BCUT2D eigenvalue weighted by atomic mass is 10.2. The highest BCUT2D eigenvalue weighted by Gasteiger charge is 2.22. The third-order valence-electron chi connectivity index (χ3n) is 3.13. The van der Waals surface area contributed by atoms with Gasteiger partial charge in [0, 0.05) is 19.2 Å². The fraction of sp³-hybridized carbons (Fsp3) is 0.571. The Morgan fingerprint density at radius 1 is 1.12 bits per heavy atom. The summed E-state index contributed by atoms with van der Waals surface area (Å²) < 4.78 is 10.5. The van der Waals surface area contributed by atoms with Gasteiger partial charge >= 0.3 is 0 Å². The van der Waals surface area contributed by atoms with Crippen LogP contribution in [0.25, 0.3) is 0 Å². The van der Waals surface area contributed by atoms with Crippen molar-refractivity contribution in [3.8, 4) is 11.5 Å². The largest absolute Gasteiger partial charge is 0.497 e. The lowest BCUT2D eigenvalue weighted by molar-refractivity contribution is 0.311. The Kier molecular flexibility index (Phi) is 3.89. The van der Waals surface area contributed by atoms with E-state index in [2.05, 4.69) is 24.1 Å². The van der Waals surface area contributed by atoms with E-state index in [4.69, 9.17) is 9.47 Å². The molecule has 94 valence electrons. The third-order valence-corrected chi connectivity index (χ3v) is 3.13. The highest BCUT2D eigenvalue weighted by atomic mass is 16.5. The molecule has 0 atom stereocenters. The van der Waals surface area contributed by atoms with Gasteiger partial charge in [-0.3, -0.25) is 0 Å². The molecule has 0 radical (unpaired) electrons. The zero-order valence-corrected chi connectivity index (χ0v) is 10.9. The van der Waals surface area contributed by atoms with Crippen LogP contribution in [0.15, 0.2) is 18.2 Å². The second-order valence-electron chi connectivity index (χ2n) is 4.86. The van der Waals surface area contributed by atoms with Crippen LogP contribution >= 0.6 is 0 Å². The summed E-state index contributed by atoms with van der Waals surface area (Å²) >= 11 is 0. The molecule has 1 aromatic rings. The molecule has 3 heteroatoms. The maximum Gasteiger partial charge on any atom is 0.122 e. The molecule has 0 aromatic heterocycles. The molecule has 0 heterocycles. The summed E-state index contributed by atoms with van der Waals surface area (Å²) in [6.45, 7) is 2.14. The fourth-order valence-electron chi connectivity index (χ4n) is 2.08. The van der Waals surface area contributed by atoms with Crippen LogP contribution in [0, 0.1) is 5.92 Å². The van der Waals surface area contributed by atoms with Gasteiger partial charge in [-0.25, -0.2) is 0 Å². The van der Waals surface area contributed by atoms with Crippen molar-refractivity contribution in [1.82, 2.24) is 4.90 Å². The first kappa shape index (κ1) is 12.2. The van der Waals surface area contributed by atoms with Gasteiger partial charge in [0.25, 0.3) is 0 Å². The van der Waals surface area contributed by atoms with Gasteiger partial charge in [0.2, 0.25) is 0 Å². The maximum atomic E-state index is 5.27. The Balaban J connectivity index is 2.02. The summed E-state index contributed by atoms with van der Waals surface area (Å²) in [5, 5.41) is 0. The zero-order valence-electron chi connectivity index (χ0n) is 10.9. The van der Waals surface area contributed by atoms with Crippen molar-refractivity contribution in [3.05, 3.63) is 23.8 Å². The molecule has 17 heavy (non-hydrogen) atoms. The normalized spacial score (nSPS) is 15.1. The quantitative estimate of drug-likeness (QED) is 0.756. The monoisotopic (exact) mass is 235 g/mol. The Hall–Kier alpha value is -1.22. The predicted molar refractivity (Wildman–Crippen MR) is 68.6 cm³/mol. The summed E-state index contributed by atoms with van der Waals surface area (Å²) in [7, 11) is 5.54. The first-order valence-corrected chi connectivity index (χ1v) is 6.11. The number of nitrogens with zero attached hydrogens (tertiary/aromatic N) is 1. The van der Waals surface area contributed by atoms with Crippen LogP contribution in [0.5, 0.6) is 11.5 Å². The molecule has 0 amide bonds. The van der Waals surface area contributed by atoms with E-state index in [0.29, 0.717) is 0 Å². The number of hydrogen-bond donors (Lipinski definition) is 0. The molecule has 0 bridgehead atoms. The summed E-state index contributed by atoms with van der Waals surface area (Å²) in [5.41, 5.74) is 1.24. The van der Waals surface area contributed by atoms with E-state index in [9.17, 15) is 0 Å². The summed E-state index contributed by atoms with van der Waals surface area (Å²) in [6, 6.07) is 6.06. The molecule has 1 aliphatic carbocycles. The van der Waals surface area contributed by atoms with Crippen LogP contribution in [-0.2, 0) is 6.54 Å². The molecule has 0 unspecified atom stereocenters. The third kappa shape index (κ3) is 3.63. The van der Waals surface area contributed by atoms with Gasteiger partial charge in [-0.1, -0.05) is 0 Å². The molecule has 0 N–H and O–H groups in total.